The molecule has 0 fully saturated rings. The largest absolute Gasteiger partial charge is 1.00 e. The van der Waals surface area contributed by atoms with Crippen molar-refractivity contribution in [2.45, 2.75) is 25.5 Å². The van der Waals surface area contributed by atoms with Gasteiger partial charge in [0.1, 0.15) is 11.5 Å². The molecule has 0 aliphatic heterocycles. The van der Waals surface area contributed by atoms with Gasteiger partial charge in [0.15, 0.2) is 0 Å². The number of nitrogens with one attached hydrogen (secondary N) is 2. The average molecular weight is 830 g/mol. The molecule has 4 aromatic rings. The molecule has 2 heterocycles. The number of aromatic hydroxyl groups is 1. The number of ether oxygens (including phenoxy) is 1. The summed E-state index contributed by atoms with van der Waals surface area (Å²) in [5.41, 5.74) is 0.447. The SMILES string of the molecule is O=CO[O-].O=c1ccc2ccc(O)cc2[nH]1.[2H]C([2H])(Br)C([2H])([2H])C([2H])([2H])C([2H])([2H])Br.[2H]C([2H])(Br)C([2H])([2H])C([2H])([2H])C([2H])([2H])Oc1ccc2ccc(=O)[nH]c2c1.[H-].[K+].[K+]. The molecule has 3 N–H and O–H groups in total. The van der Waals surface area contributed by atoms with Crippen LogP contribution in [0.15, 0.2) is 70.3 Å². The van der Waals surface area contributed by atoms with E-state index < -0.39 is 47.9 Å². The number of benzene rings is 2. The number of phenols is 1. The van der Waals surface area contributed by atoms with Gasteiger partial charge in [-0.2, -0.15) is 0 Å². The number of pyridine rings is 2. The van der Waals surface area contributed by atoms with Gasteiger partial charge >= 0.3 is 103 Å². The van der Waals surface area contributed by atoms with Crippen molar-refractivity contribution in [3.05, 3.63) is 81.4 Å². The van der Waals surface area contributed by atoms with E-state index in [2.05, 4.69) is 62.6 Å². The third-order valence-electron chi connectivity index (χ3n) is 3.93. The van der Waals surface area contributed by atoms with Crippen molar-refractivity contribution in [3.8, 4) is 11.5 Å². The Morgan fingerprint density at radius 2 is 1.24 bits per heavy atom. The first-order valence-electron chi connectivity index (χ1n) is 18.0. The molecule has 14 heteroatoms. The maximum Gasteiger partial charge on any atom is 1.00 e. The molecule has 2 aromatic heterocycles. The monoisotopic (exact) mass is 826 g/mol. The Bertz CT molecular complexity index is 2020. The zero-order valence-corrected chi connectivity index (χ0v) is 32.4. The molecule has 4 rings (SSSR count). The van der Waals surface area contributed by atoms with E-state index >= 15 is 0 Å². The number of halogens is 3. The van der Waals surface area contributed by atoms with Crippen LogP contribution >= 0.6 is 47.8 Å². The van der Waals surface area contributed by atoms with Crippen molar-refractivity contribution in [3.63, 3.8) is 0 Å². The summed E-state index contributed by atoms with van der Waals surface area (Å²) < 4.78 is 123. The molecule has 0 atom stereocenters. The zero-order valence-electron chi connectivity index (χ0n) is 38.4. The van der Waals surface area contributed by atoms with Gasteiger partial charge in [-0.15, -0.1) is 0 Å². The number of fused-ring (bicyclic) bond motifs is 2. The minimum absolute atomic E-state index is 0. The fraction of sp³-hybridized carbons (Fsp3) is 0.296. The Morgan fingerprint density at radius 3 is 1.73 bits per heavy atom. The molecule has 0 saturated heterocycles. The molecule has 9 nitrogen and oxygen atoms in total. The first-order chi connectivity index (χ1) is 24.6. The van der Waals surface area contributed by atoms with Crippen molar-refractivity contribution < 1.29 is 151 Å². The van der Waals surface area contributed by atoms with Crippen molar-refractivity contribution in [2.75, 3.05) is 22.4 Å². The van der Waals surface area contributed by atoms with Crippen LogP contribution in [-0.4, -0.2) is 44.0 Å². The van der Waals surface area contributed by atoms with Crippen molar-refractivity contribution in [1.82, 2.24) is 9.97 Å². The van der Waals surface area contributed by atoms with Crippen LogP contribution in [0.25, 0.3) is 21.8 Å². The maximum absolute atomic E-state index is 11.4. The van der Waals surface area contributed by atoms with Crippen LogP contribution in [-0.2, 0) is 9.68 Å². The molecule has 0 aliphatic carbocycles. The summed E-state index contributed by atoms with van der Waals surface area (Å²) in [6.07, 6.45) is -12.7. The molecular weight excluding hydrogens is 782 g/mol. The predicted molar refractivity (Wildman–Crippen MR) is 164 cm³/mol. The van der Waals surface area contributed by atoms with Crippen molar-refractivity contribution in [2.24, 2.45) is 0 Å². The van der Waals surface area contributed by atoms with Crippen LogP contribution in [0.2, 0.25) is 0 Å². The summed E-state index contributed by atoms with van der Waals surface area (Å²) in [6, 6.07) is 15.0. The number of rotatable bonds is 9. The Labute approximate surface area is 372 Å². The molecule has 0 bridgehead atoms. The molecule has 41 heavy (non-hydrogen) atoms. The molecule has 0 unspecified atom stereocenters. The molecule has 2 aromatic carbocycles. The van der Waals surface area contributed by atoms with Gasteiger partial charge in [-0.25, -0.2) is 0 Å². The number of alkyl halides is 3. The number of hydrogen-bond donors (Lipinski definition) is 3. The van der Waals surface area contributed by atoms with Gasteiger partial charge in [-0.05, 0) is 72.7 Å². The minimum atomic E-state index is -3.36. The summed E-state index contributed by atoms with van der Waals surface area (Å²) in [5.74, 6) is 0.0125. The van der Waals surface area contributed by atoms with Gasteiger partial charge in [0.05, 0.1) is 20.3 Å². The molecule has 214 valence electrons. The molecule has 0 saturated carbocycles. The molecule has 0 spiro atoms. The van der Waals surface area contributed by atoms with Crippen LogP contribution in [0.4, 0.5) is 0 Å². The van der Waals surface area contributed by atoms with Gasteiger partial charge in [0.2, 0.25) is 11.1 Å². The number of carbonyl (C=O) groups is 1. The molecular formula is C27H31Br3K2N2O7. The first-order valence-corrected chi connectivity index (χ1v) is 12.4. The van der Waals surface area contributed by atoms with E-state index in [1.54, 1.807) is 24.3 Å². The molecule has 0 amide bonds. The average Bonchev–Trinajstić information content (AvgIpc) is 3.03. The van der Waals surface area contributed by atoms with E-state index in [9.17, 15) is 9.59 Å². The van der Waals surface area contributed by atoms with E-state index in [0.29, 0.717) is 16.4 Å². The standard InChI is InChI=1S/C13H14BrNO2.C9H7NO2.C4H8Br2.CH2O3.2K.H/c14-7-1-2-8-17-11-5-3-10-4-6-13(16)15-12(10)9-11;11-7-3-1-6-2-4-9(12)10-8(6)5-7;5-3-1-2-4-6;2-1-4-3;;;/h3-6,9H,1-2,7-8H2,(H,15,16);1-5,11H,(H,10,12);1-4H2;1,3H;;;/q;;;;2*+1;-1/p-1/i1D2,2D2,7D2,8D2;;1D2,2D2,3D2,4D2;;;;. The second kappa shape index (κ2) is 28.1. The second-order valence-electron chi connectivity index (χ2n) is 6.35. The van der Waals surface area contributed by atoms with Crippen molar-refractivity contribution in [1.29, 1.82) is 0 Å². The van der Waals surface area contributed by atoms with E-state index in [4.69, 9.17) is 41.8 Å². The normalized spacial score (nSPS) is 17.9. The molecule has 0 aliphatic rings. The van der Waals surface area contributed by atoms with Crippen molar-refractivity contribution >= 4 is 76.1 Å². The third-order valence-corrected chi connectivity index (χ3v) is 4.53. The second-order valence-corrected chi connectivity index (χ2v) is 7.54. The van der Waals surface area contributed by atoms with E-state index in [1.165, 1.54) is 36.4 Å². The topological polar surface area (TPSA) is 145 Å². The Balaban J connectivity index is -0.000000782. The summed E-state index contributed by atoms with van der Waals surface area (Å²) in [5, 5.41) is 10.9. The molecule has 0 radical (unpaired) electrons. The minimum Gasteiger partial charge on any atom is -1.00 e. The van der Waals surface area contributed by atoms with E-state index in [0.717, 1.165) is 5.39 Å². The van der Waals surface area contributed by atoms with Gasteiger partial charge in [-0.1, -0.05) is 47.8 Å². The number of carbonyl (C=O) groups excluding carboxylic acids is 1. The summed E-state index contributed by atoms with van der Waals surface area (Å²) in [4.78, 5) is 38.6. The number of hydrogen-bond acceptors (Lipinski definition) is 7. The van der Waals surface area contributed by atoms with Crippen LogP contribution < -0.4 is 124 Å². The number of phenolic OH excluding ortho intramolecular Hbond substituents is 1. The Kier molecular flexibility index (Phi) is 15.2. The number of H-pyrrole nitrogens is 2. The quantitative estimate of drug-likeness (QED) is 0.0675. The van der Waals surface area contributed by atoms with Gasteiger partial charge in [-0.3, -0.25) is 14.4 Å². The fourth-order valence-electron chi connectivity index (χ4n) is 2.51. The van der Waals surface area contributed by atoms with Crippen LogP contribution in [0.5, 0.6) is 11.5 Å². The van der Waals surface area contributed by atoms with Gasteiger partial charge < -0.3 is 31.4 Å². The van der Waals surface area contributed by atoms with Crippen LogP contribution in [0.1, 0.15) is 48.9 Å². The summed E-state index contributed by atoms with van der Waals surface area (Å²) >= 11 is 7.13. The van der Waals surface area contributed by atoms with E-state index in [1.807, 2.05) is 0 Å². The first kappa shape index (κ1) is 22.2. The summed E-state index contributed by atoms with van der Waals surface area (Å²) in [6.45, 7) is -3.39. The van der Waals surface area contributed by atoms with Gasteiger partial charge in [0.25, 0.3) is 6.47 Å². The predicted octanol–water partition coefficient (Wildman–Crippen LogP) is -0.573. The third kappa shape index (κ3) is 20.3. The Morgan fingerprint density at radius 1 is 0.805 bits per heavy atom. The van der Waals surface area contributed by atoms with Crippen LogP contribution in [0, 0.1) is 0 Å². The fourth-order valence-corrected chi connectivity index (χ4v) is 2.81. The maximum atomic E-state index is 11.4. The van der Waals surface area contributed by atoms with Gasteiger partial charge in [0, 0.05) is 59.3 Å². The van der Waals surface area contributed by atoms with E-state index in [-0.39, 0.29) is 133 Å². The summed E-state index contributed by atoms with van der Waals surface area (Å²) in [7, 11) is 0. The number of aromatic nitrogens is 2. The zero-order chi connectivity index (χ0) is 43.2. The number of aromatic amines is 2. The smallest absolute Gasteiger partial charge is 1.00 e. The van der Waals surface area contributed by atoms with Crippen LogP contribution in [0.3, 0.4) is 0 Å². The Hall–Kier alpha value is 0.603.